The normalized spacial score (nSPS) is 34.8. The van der Waals surface area contributed by atoms with Crippen molar-refractivity contribution in [1.29, 1.82) is 0 Å². The molecule has 6 nitrogen and oxygen atoms in total. The van der Waals surface area contributed by atoms with Gasteiger partial charge in [-0.15, -0.1) is 0 Å². The second-order valence-corrected chi connectivity index (χ2v) is 5.32. The Morgan fingerprint density at radius 1 is 1.06 bits per heavy atom. The Labute approximate surface area is 105 Å². The highest BCUT2D eigenvalue weighted by atomic mass is 32.3. The van der Waals surface area contributed by atoms with Crippen LogP contribution in [0.4, 0.5) is 0 Å². The highest BCUT2D eigenvalue weighted by Crippen LogP contribution is 2.30. The smallest absolute Gasteiger partial charge is 0.346 e. The van der Waals surface area contributed by atoms with Gasteiger partial charge in [-0.25, -0.2) is 8.37 Å². The summed E-state index contributed by atoms with van der Waals surface area (Å²) in [5.41, 5.74) is 0.879. The van der Waals surface area contributed by atoms with E-state index in [2.05, 4.69) is 4.18 Å². The van der Waals surface area contributed by atoms with Gasteiger partial charge in [0.15, 0.2) is 6.29 Å². The standard InChI is InChI=1S/C11H12O6S/c12-18(13)15-7-9-10(17-18)6-14-11(16-9)8-4-2-1-3-5-8/h1-5,9-11H,6-7H2/t9?,10-,11+/m1/s1. The predicted octanol–water partition coefficient (Wildman–Crippen LogP) is 0.761. The molecule has 0 N–H and O–H groups in total. The second kappa shape index (κ2) is 4.60. The highest BCUT2D eigenvalue weighted by molar-refractivity contribution is 7.81. The summed E-state index contributed by atoms with van der Waals surface area (Å²) in [5.74, 6) is 0. The summed E-state index contributed by atoms with van der Waals surface area (Å²) in [6, 6.07) is 9.42. The summed E-state index contributed by atoms with van der Waals surface area (Å²) in [6.07, 6.45) is -1.59. The molecule has 0 saturated carbocycles. The van der Waals surface area contributed by atoms with Crippen LogP contribution >= 0.6 is 0 Å². The number of hydrogen-bond acceptors (Lipinski definition) is 6. The van der Waals surface area contributed by atoms with E-state index in [9.17, 15) is 8.42 Å². The Kier molecular flexibility index (Phi) is 3.08. The molecule has 7 heteroatoms. The molecule has 18 heavy (non-hydrogen) atoms. The van der Waals surface area contributed by atoms with E-state index in [1.165, 1.54) is 0 Å². The Morgan fingerprint density at radius 3 is 2.61 bits per heavy atom. The first-order chi connectivity index (χ1) is 8.64. The van der Waals surface area contributed by atoms with E-state index in [0.29, 0.717) is 0 Å². The average Bonchev–Trinajstić information content (AvgIpc) is 2.38. The largest absolute Gasteiger partial charge is 0.400 e. The molecule has 1 unspecified atom stereocenters. The van der Waals surface area contributed by atoms with Crippen molar-refractivity contribution >= 4 is 10.4 Å². The molecule has 1 aromatic rings. The Bertz CT molecular complexity index is 514. The molecular weight excluding hydrogens is 260 g/mol. The lowest BCUT2D eigenvalue weighted by molar-refractivity contribution is -0.264. The number of hydrogen-bond donors (Lipinski definition) is 0. The van der Waals surface area contributed by atoms with E-state index >= 15 is 0 Å². The zero-order chi connectivity index (χ0) is 12.6. The van der Waals surface area contributed by atoms with E-state index in [4.69, 9.17) is 13.7 Å². The number of benzene rings is 1. The molecule has 3 atom stereocenters. The molecule has 2 aliphatic rings. The van der Waals surface area contributed by atoms with Crippen LogP contribution in [0.25, 0.3) is 0 Å². The molecular formula is C11H12O6S. The third-order valence-electron chi connectivity index (χ3n) is 2.81. The molecule has 2 heterocycles. The van der Waals surface area contributed by atoms with Crippen molar-refractivity contribution in [2.24, 2.45) is 0 Å². The summed E-state index contributed by atoms with van der Waals surface area (Å²) in [7, 11) is -3.90. The van der Waals surface area contributed by atoms with Crippen LogP contribution in [0.2, 0.25) is 0 Å². The summed E-state index contributed by atoms with van der Waals surface area (Å²) in [4.78, 5) is 0. The summed E-state index contributed by atoms with van der Waals surface area (Å²) < 4.78 is 42.6. The van der Waals surface area contributed by atoms with Gasteiger partial charge in [0.25, 0.3) is 0 Å². The minimum absolute atomic E-state index is 0.0420. The fourth-order valence-corrected chi connectivity index (χ4v) is 2.76. The van der Waals surface area contributed by atoms with Gasteiger partial charge in [0.1, 0.15) is 12.2 Å². The molecule has 0 radical (unpaired) electrons. The van der Waals surface area contributed by atoms with Crippen molar-refractivity contribution in [2.75, 3.05) is 13.2 Å². The van der Waals surface area contributed by atoms with Crippen LogP contribution in [0.3, 0.4) is 0 Å². The van der Waals surface area contributed by atoms with Crippen molar-refractivity contribution in [1.82, 2.24) is 0 Å². The zero-order valence-electron chi connectivity index (χ0n) is 9.39. The van der Waals surface area contributed by atoms with Crippen LogP contribution < -0.4 is 0 Å². The van der Waals surface area contributed by atoms with Gasteiger partial charge in [0.2, 0.25) is 0 Å². The van der Waals surface area contributed by atoms with E-state index in [-0.39, 0.29) is 13.2 Å². The van der Waals surface area contributed by atoms with Gasteiger partial charge in [-0.3, -0.25) is 0 Å². The van der Waals surface area contributed by atoms with Crippen molar-refractivity contribution in [3.05, 3.63) is 35.9 Å². The predicted molar refractivity (Wildman–Crippen MR) is 59.8 cm³/mol. The van der Waals surface area contributed by atoms with Crippen LogP contribution in [0.15, 0.2) is 30.3 Å². The molecule has 98 valence electrons. The molecule has 2 saturated heterocycles. The molecule has 0 aromatic heterocycles. The highest BCUT2D eigenvalue weighted by Gasteiger charge is 2.41. The molecule has 1 aromatic carbocycles. The Morgan fingerprint density at radius 2 is 1.83 bits per heavy atom. The fraction of sp³-hybridized carbons (Fsp3) is 0.455. The SMILES string of the molecule is O=S1(=O)OCC2O[C@@H](c3ccccc3)OC[C@H]2O1. The average molecular weight is 272 g/mol. The van der Waals surface area contributed by atoms with Gasteiger partial charge in [0.05, 0.1) is 13.2 Å². The maximum atomic E-state index is 11.1. The van der Waals surface area contributed by atoms with Crippen molar-refractivity contribution in [3.63, 3.8) is 0 Å². The maximum Gasteiger partial charge on any atom is 0.400 e. The lowest BCUT2D eigenvalue weighted by Gasteiger charge is -2.37. The van der Waals surface area contributed by atoms with Crippen LogP contribution in [0.1, 0.15) is 11.9 Å². The topological polar surface area (TPSA) is 71.1 Å². The van der Waals surface area contributed by atoms with Crippen LogP contribution in [0, 0.1) is 0 Å². The lowest BCUT2D eigenvalue weighted by atomic mass is 10.1. The van der Waals surface area contributed by atoms with Crippen LogP contribution in [0.5, 0.6) is 0 Å². The third kappa shape index (κ3) is 2.40. The second-order valence-electron chi connectivity index (χ2n) is 4.08. The maximum absolute atomic E-state index is 11.1. The lowest BCUT2D eigenvalue weighted by Crippen LogP contribution is -2.49. The summed E-state index contributed by atoms with van der Waals surface area (Å²) in [6.45, 7) is 0.118. The molecule has 0 spiro atoms. The van der Waals surface area contributed by atoms with Gasteiger partial charge >= 0.3 is 10.4 Å². The first-order valence-corrected chi connectivity index (χ1v) is 6.87. The van der Waals surface area contributed by atoms with Gasteiger partial charge in [0, 0.05) is 5.56 Å². The van der Waals surface area contributed by atoms with Gasteiger partial charge in [-0.1, -0.05) is 30.3 Å². The fourth-order valence-electron chi connectivity index (χ4n) is 1.93. The van der Waals surface area contributed by atoms with E-state index in [1.54, 1.807) is 0 Å². The molecule has 2 fully saturated rings. The zero-order valence-corrected chi connectivity index (χ0v) is 10.2. The Hall–Kier alpha value is -0.990. The van der Waals surface area contributed by atoms with Gasteiger partial charge < -0.3 is 9.47 Å². The first-order valence-electron chi connectivity index (χ1n) is 5.54. The molecule has 2 aliphatic heterocycles. The van der Waals surface area contributed by atoms with Crippen molar-refractivity contribution in [2.45, 2.75) is 18.5 Å². The molecule has 3 rings (SSSR count). The van der Waals surface area contributed by atoms with E-state index in [0.717, 1.165) is 5.56 Å². The minimum Gasteiger partial charge on any atom is -0.346 e. The van der Waals surface area contributed by atoms with Crippen LogP contribution in [-0.4, -0.2) is 33.8 Å². The molecule has 0 aliphatic carbocycles. The van der Waals surface area contributed by atoms with Crippen LogP contribution in [-0.2, 0) is 28.2 Å². The number of rotatable bonds is 1. The monoisotopic (exact) mass is 272 g/mol. The number of fused-ring (bicyclic) bond motifs is 1. The molecule has 0 bridgehead atoms. The summed E-state index contributed by atoms with van der Waals surface area (Å²) in [5, 5.41) is 0. The quantitative estimate of drug-likeness (QED) is 0.751. The van der Waals surface area contributed by atoms with E-state index in [1.807, 2.05) is 30.3 Å². The minimum atomic E-state index is -3.90. The van der Waals surface area contributed by atoms with Crippen molar-refractivity contribution in [3.8, 4) is 0 Å². The Balaban J connectivity index is 1.72. The summed E-state index contributed by atoms with van der Waals surface area (Å²) >= 11 is 0. The molecule has 0 amide bonds. The van der Waals surface area contributed by atoms with E-state index < -0.39 is 28.9 Å². The number of ether oxygens (including phenoxy) is 2. The first kappa shape index (κ1) is 12.1. The van der Waals surface area contributed by atoms with Gasteiger partial charge in [-0.05, 0) is 0 Å². The van der Waals surface area contributed by atoms with Gasteiger partial charge in [-0.2, -0.15) is 8.42 Å². The van der Waals surface area contributed by atoms with Crippen molar-refractivity contribution < 1.29 is 26.3 Å². The third-order valence-corrected chi connectivity index (χ3v) is 3.72.